The number of nitrogens with zero attached hydrogens (tertiary/aromatic N) is 5. The second-order valence-electron chi connectivity index (χ2n) is 9.91. The van der Waals surface area contributed by atoms with Gasteiger partial charge in [0, 0.05) is 43.8 Å². The van der Waals surface area contributed by atoms with Crippen LogP contribution in [0.25, 0.3) is 22.3 Å². The Kier molecular flexibility index (Phi) is 7.25. The van der Waals surface area contributed by atoms with Crippen LogP contribution in [-0.2, 0) is 0 Å². The van der Waals surface area contributed by atoms with Crippen LogP contribution in [0, 0.1) is 12.8 Å². The second kappa shape index (κ2) is 10.9. The molecule has 4 aromatic rings. The molecule has 1 saturated carbocycles. The fraction of sp³-hybridized carbons (Fsp3) is 0.345. The Bertz CT molecular complexity index is 1380. The Balaban J connectivity index is 1.14. The SMILES string of the molecule is Cc1nc(-c2ccccc2)ncc1C(=O)NCC1CCC(Nc2nc(N(C)C)c3ccccc3n2)CC1. The number of rotatable bonds is 7. The number of amides is 1. The number of aromatic nitrogens is 4. The summed E-state index contributed by atoms with van der Waals surface area (Å²) in [5.41, 5.74) is 3.10. The normalized spacial score (nSPS) is 17.4. The summed E-state index contributed by atoms with van der Waals surface area (Å²) in [5, 5.41) is 7.71. The molecule has 0 saturated heterocycles. The molecule has 37 heavy (non-hydrogen) atoms. The van der Waals surface area contributed by atoms with E-state index < -0.39 is 0 Å². The average Bonchev–Trinajstić information content (AvgIpc) is 2.92. The highest BCUT2D eigenvalue weighted by Crippen LogP contribution is 2.28. The third-order valence-electron chi connectivity index (χ3n) is 6.99. The number of nitrogens with one attached hydrogen (secondary N) is 2. The topological polar surface area (TPSA) is 95.9 Å². The largest absolute Gasteiger partial charge is 0.362 e. The molecular weight excluding hydrogens is 462 g/mol. The van der Waals surface area contributed by atoms with Gasteiger partial charge >= 0.3 is 0 Å². The predicted molar refractivity (Wildman–Crippen MR) is 148 cm³/mol. The van der Waals surface area contributed by atoms with E-state index in [9.17, 15) is 4.79 Å². The molecule has 0 aliphatic heterocycles. The molecule has 2 aromatic carbocycles. The highest BCUT2D eigenvalue weighted by atomic mass is 16.1. The van der Waals surface area contributed by atoms with Gasteiger partial charge in [-0.1, -0.05) is 42.5 Å². The summed E-state index contributed by atoms with van der Waals surface area (Å²) in [7, 11) is 4.01. The van der Waals surface area contributed by atoms with Gasteiger partial charge in [-0.3, -0.25) is 4.79 Å². The van der Waals surface area contributed by atoms with Crippen LogP contribution in [0.5, 0.6) is 0 Å². The van der Waals surface area contributed by atoms with E-state index in [1.807, 2.05) is 74.4 Å². The van der Waals surface area contributed by atoms with Crippen molar-refractivity contribution >= 4 is 28.6 Å². The van der Waals surface area contributed by atoms with Crippen molar-refractivity contribution in [2.75, 3.05) is 30.9 Å². The van der Waals surface area contributed by atoms with Gasteiger partial charge in [-0.2, -0.15) is 4.98 Å². The van der Waals surface area contributed by atoms with Crippen molar-refractivity contribution in [3.05, 3.63) is 72.1 Å². The summed E-state index contributed by atoms with van der Waals surface area (Å²) in [4.78, 5) is 33.3. The van der Waals surface area contributed by atoms with Crippen LogP contribution in [0.1, 0.15) is 41.7 Å². The number of carbonyl (C=O) groups excluding carboxylic acids is 1. The first-order valence-corrected chi connectivity index (χ1v) is 12.9. The van der Waals surface area contributed by atoms with E-state index in [1.54, 1.807) is 6.20 Å². The molecule has 2 N–H and O–H groups in total. The number of aryl methyl sites for hydroxylation is 1. The summed E-state index contributed by atoms with van der Waals surface area (Å²) < 4.78 is 0. The molecule has 0 unspecified atom stereocenters. The smallest absolute Gasteiger partial charge is 0.254 e. The molecule has 1 aliphatic rings. The van der Waals surface area contributed by atoms with Crippen LogP contribution in [-0.4, -0.2) is 52.5 Å². The predicted octanol–water partition coefficient (Wildman–Crippen LogP) is 4.86. The first kappa shape index (κ1) is 24.6. The van der Waals surface area contributed by atoms with E-state index in [0.717, 1.165) is 48.0 Å². The number of benzene rings is 2. The molecule has 1 amide bonds. The maximum atomic E-state index is 12.8. The zero-order valence-corrected chi connectivity index (χ0v) is 21.6. The van der Waals surface area contributed by atoms with Crippen LogP contribution < -0.4 is 15.5 Å². The van der Waals surface area contributed by atoms with Crippen molar-refractivity contribution in [3.8, 4) is 11.4 Å². The van der Waals surface area contributed by atoms with Crippen molar-refractivity contribution in [1.29, 1.82) is 0 Å². The fourth-order valence-corrected chi connectivity index (χ4v) is 4.91. The summed E-state index contributed by atoms with van der Waals surface area (Å²) >= 11 is 0. The van der Waals surface area contributed by atoms with Gasteiger partial charge in [-0.15, -0.1) is 0 Å². The van der Waals surface area contributed by atoms with Gasteiger partial charge in [-0.05, 0) is 50.7 Å². The minimum absolute atomic E-state index is 0.113. The molecule has 2 aromatic heterocycles. The lowest BCUT2D eigenvalue weighted by Crippen LogP contribution is -2.34. The molecule has 8 heteroatoms. The first-order chi connectivity index (χ1) is 18.0. The number of fused-ring (bicyclic) bond motifs is 1. The summed E-state index contributed by atoms with van der Waals surface area (Å²) in [6.07, 6.45) is 5.74. The molecule has 8 nitrogen and oxygen atoms in total. The van der Waals surface area contributed by atoms with Gasteiger partial charge in [-0.25, -0.2) is 15.0 Å². The van der Waals surface area contributed by atoms with Gasteiger partial charge < -0.3 is 15.5 Å². The lowest BCUT2D eigenvalue weighted by atomic mass is 9.86. The molecule has 1 aliphatic carbocycles. The van der Waals surface area contributed by atoms with Gasteiger partial charge in [0.2, 0.25) is 5.95 Å². The molecule has 190 valence electrons. The minimum Gasteiger partial charge on any atom is -0.362 e. The molecule has 5 rings (SSSR count). The minimum atomic E-state index is -0.113. The Morgan fingerprint density at radius 2 is 1.68 bits per heavy atom. The summed E-state index contributed by atoms with van der Waals surface area (Å²) in [5.74, 6) is 2.56. The Hall–Kier alpha value is -4.07. The number of hydrogen-bond acceptors (Lipinski definition) is 7. The molecule has 1 fully saturated rings. The van der Waals surface area contributed by atoms with Crippen LogP contribution in [0.3, 0.4) is 0 Å². The van der Waals surface area contributed by atoms with Crippen LogP contribution in [0.15, 0.2) is 60.8 Å². The molecule has 0 radical (unpaired) electrons. The number of para-hydroxylation sites is 1. The number of anilines is 2. The lowest BCUT2D eigenvalue weighted by Gasteiger charge is -2.29. The summed E-state index contributed by atoms with van der Waals surface area (Å²) in [6, 6.07) is 18.2. The standard InChI is InChI=1S/C29H33N7O/c1-19-24(18-30-26(32-19)21-9-5-4-6-10-21)28(37)31-17-20-13-15-22(16-14-20)33-29-34-25-12-8-7-11-23(25)27(35-29)36(2)3/h4-12,18,20,22H,13-17H2,1-3H3,(H,31,37)(H,33,34,35). The fourth-order valence-electron chi connectivity index (χ4n) is 4.91. The lowest BCUT2D eigenvalue weighted by molar-refractivity contribution is 0.0942. The Morgan fingerprint density at radius 1 is 0.946 bits per heavy atom. The van der Waals surface area contributed by atoms with Crippen LogP contribution >= 0.6 is 0 Å². The Morgan fingerprint density at radius 3 is 2.41 bits per heavy atom. The highest BCUT2D eigenvalue weighted by Gasteiger charge is 2.23. The zero-order chi connectivity index (χ0) is 25.8. The monoisotopic (exact) mass is 495 g/mol. The van der Waals surface area contributed by atoms with E-state index >= 15 is 0 Å². The second-order valence-corrected chi connectivity index (χ2v) is 9.91. The number of hydrogen-bond donors (Lipinski definition) is 2. The quantitative estimate of drug-likeness (QED) is 0.378. The van der Waals surface area contributed by atoms with Crippen molar-refractivity contribution < 1.29 is 4.79 Å². The van der Waals surface area contributed by atoms with E-state index in [4.69, 9.17) is 9.97 Å². The van der Waals surface area contributed by atoms with Crippen LogP contribution in [0.2, 0.25) is 0 Å². The zero-order valence-electron chi connectivity index (χ0n) is 21.6. The average molecular weight is 496 g/mol. The van der Waals surface area contributed by atoms with Gasteiger partial charge in [0.1, 0.15) is 5.82 Å². The molecular formula is C29H33N7O. The van der Waals surface area contributed by atoms with Gasteiger partial charge in [0.25, 0.3) is 5.91 Å². The molecule has 0 spiro atoms. The highest BCUT2D eigenvalue weighted by molar-refractivity contribution is 5.95. The third-order valence-corrected chi connectivity index (χ3v) is 6.99. The van der Waals surface area contributed by atoms with Crippen LogP contribution in [0.4, 0.5) is 11.8 Å². The van der Waals surface area contributed by atoms with Gasteiger partial charge in [0.05, 0.1) is 16.8 Å². The van der Waals surface area contributed by atoms with Crippen molar-refractivity contribution in [2.45, 2.75) is 38.6 Å². The van der Waals surface area contributed by atoms with Crippen molar-refractivity contribution in [1.82, 2.24) is 25.3 Å². The third kappa shape index (κ3) is 5.69. The van der Waals surface area contributed by atoms with E-state index in [1.165, 1.54) is 0 Å². The first-order valence-electron chi connectivity index (χ1n) is 12.9. The van der Waals surface area contributed by atoms with E-state index in [-0.39, 0.29) is 5.91 Å². The number of carbonyl (C=O) groups is 1. The molecule has 2 heterocycles. The van der Waals surface area contributed by atoms with Crippen molar-refractivity contribution in [3.63, 3.8) is 0 Å². The van der Waals surface area contributed by atoms with E-state index in [2.05, 4.69) is 26.7 Å². The molecule has 0 atom stereocenters. The molecule has 0 bridgehead atoms. The Labute approximate surface area is 217 Å². The van der Waals surface area contributed by atoms with Gasteiger partial charge in [0.15, 0.2) is 5.82 Å². The van der Waals surface area contributed by atoms with Crippen molar-refractivity contribution in [2.24, 2.45) is 5.92 Å². The van der Waals surface area contributed by atoms with E-state index in [0.29, 0.717) is 41.5 Å². The summed E-state index contributed by atoms with van der Waals surface area (Å²) in [6.45, 7) is 2.51. The maximum Gasteiger partial charge on any atom is 0.254 e. The maximum absolute atomic E-state index is 12.8.